The second-order valence-corrected chi connectivity index (χ2v) is 1.69. The summed E-state index contributed by atoms with van der Waals surface area (Å²) in [6, 6.07) is 0. The van der Waals surface area contributed by atoms with Crippen molar-refractivity contribution in [3.05, 3.63) is 5.75 Å². The number of thiol groups is 1. The first-order chi connectivity index (χ1) is 2.91. The highest BCUT2D eigenvalue weighted by Gasteiger charge is 1.67. The fourth-order valence-corrected chi connectivity index (χ4v) is 0.478. The molecule has 0 aromatic rings. The van der Waals surface area contributed by atoms with Crippen LogP contribution in [0.15, 0.2) is 0 Å². The van der Waals surface area contributed by atoms with Gasteiger partial charge in [0.15, 0.2) is 0 Å². The van der Waals surface area contributed by atoms with E-state index in [4.69, 9.17) is 0 Å². The zero-order chi connectivity index (χ0) is 4.83. The highest BCUT2D eigenvalue weighted by Crippen LogP contribution is 1.98. The van der Waals surface area contributed by atoms with Gasteiger partial charge in [0.25, 0.3) is 0 Å². The first-order valence-corrected chi connectivity index (χ1v) is 2.89. The normalized spacial score (nSPS) is 9.00. The fraction of sp³-hybridized carbons (Fsp3) is 0.800. The SMILES string of the molecule is CCCC[CH-]S. The van der Waals surface area contributed by atoms with Gasteiger partial charge in [-0.05, 0) is 0 Å². The van der Waals surface area contributed by atoms with Gasteiger partial charge in [0.1, 0.15) is 0 Å². The van der Waals surface area contributed by atoms with Crippen LogP contribution in [0.1, 0.15) is 26.2 Å². The Hall–Kier alpha value is 0.350. The Morgan fingerprint density at radius 2 is 2.33 bits per heavy atom. The van der Waals surface area contributed by atoms with Crippen molar-refractivity contribution in [3.8, 4) is 0 Å². The molecule has 0 spiro atoms. The molecule has 0 aliphatic rings. The van der Waals surface area contributed by atoms with Crippen LogP contribution in [0.3, 0.4) is 0 Å². The first kappa shape index (κ1) is 6.35. The van der Waals surface area contributed by atoms with E-state index in [2.05, 4.69) is 19.6 Å². The Labute approximate surface area is 45.4 Å². The summed E-state index contributed by atoms with van der Waals surface area (Å²) < 4.78 is 0. The number of rotatable bonds is 3. The molecule has 0 amide bonds. The minimum absolute atomic E-state index is 1.15. The molecule has 0 N–H and O–H groups in total. The molecule has 6 heavy (non-hydrogen) atoms. The minimum atomic E-state index is 1.15. The van der Waals surface area contributed by atoms with Gasteiger partial charge in [-0.3, -0.25) is 5.75 Å². The molecule has 0 bridgehead atoms. The largest absolute Gasteiger partial charge is 0.369 e. The quantitative estimate of drug-likeness (QED) is 0.316. The van der Waals surface area contributed by atoms with Gasteiger partial charge in [-0.25, -0.2) is 0 Å². The van der Waals surface area contributed by atoms with E-state index in [9.17, 15) is 0 Å². The summed E-state index contributed by atoms with van der Waals surface area (Å²) in [6.45, 7) is 2.18. The summed E-state index contributed by atoms with van der Waals surface area (Å²) in [4.78, 5) is 0. The Balaban J connectivity index is 2.34. The summed E-state index contributed by atoms with van der Waals surface area (Å²) in [5, 5.41) is 0. The lowest BCUT2D eigenvalue weighted by Crippen LogP contribution is -1.65. The lowest BCUT2D eigenvalue weighted by molar-refractivity contribution is 0.807. The van der Waals surface area contributed by atoms with Crippen molar-refractivity contribution >= 4 is 12.6 Å². The van der Waals surface area contributed by atoms with E-state index < -0.39 is 0 Å². The van der Waals surface area contributed by atoms with Gasteiger partial charge < -0.3 is 12.6 Å². The van der Waals surface area contributed by atoms with Crippen molar-refractivity contribution in [2.45, 2.75) is 26.2 Å². The minimum Gasteiger partial charge on any atom is -0.369 e. The molecule has 0 aliphatic heterocycles. The second kappa shape index (κ2) is 5.35. The third kappa shape index (κ3) is 4.35. The first-order valence-electron chi connectivity index (χ1n) is 2.37. The highest BCUT2D eigenvalue weighted by atomic mass is 32.1. The van der Waals surface area contributed by atoms with E-state index in [1.165, 1.54) is 12.8 Å². The molecular weight excluding hydrogens is 92.1 g/mol. The average Bonchev–Trinajstić information content (AvgIpc) is 1.61. The summed E-state index contributed by atoms with van der Waals surface area (Å²) in [5.74, 6) is 1.91. The average molecular weight is 103 g/mol. The van der Waals surface area contributed by atoms with Gasteiger partial charge >= 0.3 is 0 Å². The number of unbranched alkanes of at least 4 members (excludes halogenated alkanes) is 2. The highest BCUT2D eigenvalue weighted by molar-refractivity contribution is 7.82. The van der Waals surface area contributed by atoms with Crippen LogP contribution >= 0.6 is 12.6 Å². The van der Waals surface area contributed by atoms with Crippen LogP contribution in [0.25, 0.3) is 0 Å². The van der Waals surface area contributed by atoms with Crippen LogP contribution in [0.5, 0.6) is 0 Å². The van der Waals surface area contributed by atoms with E-state index in [0.29, 0.717) is 0 Å². The molecule has 0 atom stereocenters. The summed E-state index contributed by atoms with van der Waals surface area (Å²) in [6.07, 6.45) is 3.71. The van der Waals surface area contributed by atoms with Crippen molar-refractivity contribution in [3.63, 3.8) is 0 Å². The molecule has 0 aromatic heterocycles. The maximum Gasteiger partial charge on any atom is -0.0586 e. The molecule has 0 aliphatic carbocycles. The van der Waals surface area contributed by atoms with Crippen molar-refractivity contribution in [1.29, 1.82) is 0 Å². The third-order valence-corrected chi connectivity index (χ3v) is 0.945. The molecule has 0 rings (SSSR count). The Bertz CT molecular complexity index is 15.9. The number of hydrogen-bond donors (Lipinski definition) is 1. The molecule has 0 fully saturated rings. The van der Waals surface area contributed by atoms with Crippen LogP contribution in [0.4, 0.5) is 0 Å². The zero-order valence-corrected chi connectivity index (χ0v) is 5.04. The smallest absolute Gasteiger partial charge is 0.0586 e. The van der Waals surface area contributed by atoms with Gasteiger partial charge in [0.05, 0.1) is 0 Å². The van der Waals surface area contributed by atoms with E-state index in [0.717, 1.165) is 6.42 Å². The molecule has 0 unspecified atom stereocenters. The van der Waals surface area contributed by atoms with E-state index >= 15 is 0 Å². The lowest BCUT2D eigenvalue weighted by Gasteiger charge is -1.97. The zero-order valence-electron chi connectivity index (χ0n) is 4.15. The fourth-order valence-electron chi connectivity index (χ4n) is 0.295. The van der Waals surface area contributed by atoms with Crippen molar-refractivity contribution in [2.75, 3.05) is 0 Å². The Morgan fingerprint density at radius 1 is 1.67 bits per heavy atom. The Kier molecular flexibility index (Phi) is 5.66. The molecule has 0 heterocycles. The van der Waals surface area contributed by atoms with E-state index in [1.54, 1.807) is 0 Å². The summed E-state index contributed by atoms with van der Waals surface area (Å²) >= 11 is 3.93. The van der Waals surface area contributed by atoms with Gasteiger partial charge in [0.2, 0.25) is 0 Å². The molecule has 0 nitrogen and oxygen atoms in total. The predicted octanol–water partition coefficient (Wildman–Crippen LogP) is 2.27. The number of hydrogen-bond acceptors (Lipinski definition) is 1. The van der Waals surface area contributed by atoms with Crippen LogP contribution in [0.2, 0.25) is 0 Å². The van der Waals surface area contributed by atoms with Crippen LogP contribution in [-0.2, 0) is 0 Å². The van der Waals surface area contributed by atoms with Gasteiger partial charge in [-0.2, -0.15) is 6.42 Å². The maximum absolute atomic E-state index is 3.93. The van der Waals surface area contributed by atoms with Crippen molar-refractivity contribution < 1.29 is 0 Å². The van der Waals surface area contributed by atoms with Gasteiger partial charge in [-0.1, -0.05) is 19.8 Å². The molecule has 1 heteroatoms. The topological polar surface area (TPSA) is 0 Å². The van der Waals surface area contributed by atoms with Gasteiger partial charge in [0, 0.05) is 0 Å². The molecule has 0 saturated heterocycles. The van der Waals surface area contributed by atoms with Crippen molar-refractivity contribution in [1.82, 2.24) is 0 Å². The molecule has 38 valence electrons. The molecular formula is C5H11S-. The predicted molar refractivity (Wildman–Crippen MR) is 32.8 cm³/mol. The van der Waals surface area contributed by atoms with Crippen LogP contribution in [-0.4, -0.2) is 0 Å². The Morgan fingerprint density at radius 3 is 2.50 bits per heavy atom. The van der Waals surface area contributed by atoms with E-state index in [-0.39, 0.29) is 0 Å². The van der Waals surface area contributed by atoms with Crippen LogP contribution < -0.4 is 0 Å². The molecule has 0 aromatic carbocycles. The maximum atomic E-state index is 3.93. The second-order valence-electron chi connectivity index (χ2n) is 1.32. The van der Waals surface area contributed by atoms with Crippen molar-refractivity contribution in [2.24, 2.45) is 0 Å². The standard InChI is InChI=1S/C5H11S/c1-2-3-4-5-6/h5-6H,2-4H2,1H3/q-1. The molecule has 0 radical (unpaired) electrons. The summed E-state index contributed by atoms with van der Waals surface area (Å²) in [7, 11) is 0. The lowest BCUT2D eigenvalue weighted by atomic mass is 10.3. The molecule has 0 saturated carbocycles. The van der Waals surface area contributed by atoms with Crippen LogP contribution in [0, 0.1) is 5.75 Å². The summed E-state index contributed by atoms with van der Waals surface area (Å²) in [5.41, 5.74) is 0. The van der Waals surface area contributed by atoms with E-state index in [1.807, 2.05) is 5.75 Å². The monoisotopic (exact) mass is 103 g/mol. The van der Waals surface area contributed by atoms with Gasteiger partial charge in [-0.15, -0.1) is 0 Å². The third-order valence-electron chi connectivity index (χ3n) is 0.687.